The number of carbonyl (C=O) groups is 1. The summed E-state index contributed by atoms with van der Waals surface area (Å²) in [5.41, 5.74) is 0.858. The molecular weight excluding hydrogens is 313 g/mol. The van der Waals surface area contributed by atoms with Crippen molar-refractivity contribution in [3.05, 3.63) is 23.8 Å². The zero-order valence-corrected chi connectivity index (χ0v) is 13.4. The Morgan fingerprint density at radius 2 is 2.00 bits per heavy atom. The highest BCUT2D eigenvalue weighted by Gasteiger charge is 2.27. The van der Waals surface area contributed by atoms with Crippen LogP contribution in [-0.4, -0.2) is 50.8 Å². The minimum atomic E-state index is -4.41. The summed E-state index contributed by atoms with van der Waals surface area (Å²) < 4.78 is 46.7. The van der Waals surface area contributed by atoms with E-state index in [0.717, 1.165) is 5.56 Å². The first-order valence-electron chi connectivity index (χ1n) is 7.07. The molecule has 1 aromatic rings. The average molecular weight is 334 g/mol. The van der Waals surface area contributed by atoms with E-state index in [2.05, 4.69) is 0 Å². The molecule has 0 radical (unpaired) electrons. The van der Waals surface area contributed by atoms with Crippen molar-refractivity contribution < 1.29 is 27.4 Å². The second-order valence-electron chi connectivity index (χ2n) is 4.98. The van der Waals surface area contributed by atoms with E-state index in [0.29, 0.717) is 24.7 Å². The lowest BCUT2D eigenvalue weighted by atomic mass is 10.2. The van der Waals surface area contributed by atoms with Crippen molar-refractivity contribution in [3.63, 3.8) is 0 Å². The summed E-state index contributed by atoms with van der Waals surface area (Å²) >= 11 is 0. The number of hydrogen-bond donors (Lipinski definition) is 1. The molecule has 1 amide bonds. The van der Waals surface area contributed by atoms with Gasteiger partial charge in [0, 0.05) is 6.54 Å². The molecule has 0 bridgehead atoms. The molecule has 0 heterocycles. The number of rotatable bonds is 8. The maximum absolute atomic E-state index is 12.0. The summed E-state index contributed by atoms with van der Waals surface area (Å²) in [6.07, 6.45) is -4.41. The third-order valence-electron chi connectivity index (χ3n) is 2.88. The number of nitrogens with one attached hydrogen (secondary N) is 1. The number of hydrogen-bond acceptors (Lipinski definition) is 4. The Morgan fingerprint density at radius 3 is 2.57 bits per heavy atom. The Balaban J connectivity index is 2.56. The van der Waals surface area contributed by atoms with Crippen molar-refractivity contribution in [2.24, 2.45) is 0 Å². The van der Waals surface area contributed by atoms with Crippen molar-refractivity contribution in [2.75, 3.05) is 33.9 Å². The molecule has 23 heavy (non-hydrogen) atoms. The van der Waals surface area contributed by atoms with Crippen LogP contribution in [0, 0.1) is 0 Å². The van der Waals surface area contributed by atoms with Crippen LogP contribution in [0.4, 0.5) is 13.2 Å². The summed E-state index contributed by atoms with van der Waals surface area (Å²) in [5, 5.41) is 1.84. The Hall–Kier alpha value is -1.96. The summed E-state index contributed by atoms with van der Waals surface area (Å²) in [6.45, 7) is 1.31. The highest BCUT2D eigenvalue weighted by Crippen LogP contribution is 2.28. The maximum Gasteiger partial charge on any atom is 0.405 e. The van der Waals surface area contributed by atoms with E-state index in [1.54, 1.807) is 24.1 Å². The first-order chi connectivity index (χ1) is 10.7. The number of nitrogens with zero attached hydrogens (tertiary/aromatic N) is 1. The largest absolute Gasteiger partial charge is 0.493 e. The molecule has 8 heteroatoms. The lowest BCUT2D eigenvalue weighted by Crippen LogP contribution is -2.39. The van der Waals surface area contributed by atoms with Crippen LogP contribution in [0.3, 0.4) is 0 Å². The highest BCUT2D eigenvalue weighted by molar-refractivity contribution is 5.78. The zero-order valence-electron chi connectivity index (χ0n) is 13.4. The van der Waals surface area contributed by atoms with Crippen molar-refractivity contribution >= 4 is 5.91 Å². The second-order valence-corrected chi connectivity index (χ2v) is 4.98. The predicted octanol–water partition coefficient (Wildman–Crippen LogP) is 2.20. The lowest BCUT2D eigenvalue weighted by molar-refractivity contribution is -0.138. The van der Waals surface area contributed by atoms with Gasteiger partial charge < -0.3 is 14.8 Å². The van der Waals surface area contributed by atoms with Gasteiger partial charge in [-0.05, 0) is 31.7 Å². The molecule has 0 aromatic heterocycles. The second kappa shape index (κ2) is 8.61. The number of methoxy groups -OCH3 is 1. The van der Waals surface area contributed by atoms with E-state index < -0.39 is 18.6 Å². The summed E-state index contributed by atoms with van der Waals surface area (Å²) in [4.78, 5) is 13.1. The van der Waals surface area contributed by atoms with Crippen molar-refractivity contribution in [3.8, 4) is 11.5 Å². The molecule has 1 rings (SSSR count). The molecule has 0 aliphatic heterocycles. The SMILES string of the molecule is CCOc1ccc(CN(C)CC(=O)NCC(F)(F)F)cc1OC. The van der Waals surface area contributed by atoms with Gasteiger partial charge in [-0.2, -0.15) is 13.2 Å². The standard InChI is InChI=1S/C15H21F3N2O3/c1-4-23-12-6-5-11(7-13(12)22-3)8-20(2)9-14(21)19-10-15(16,17)18/h5-7H,4,8-10H2,1-3H3,(H,19,21). The molecule has 0 saturated carbocycles. The van der Waals surface area contributed by atoms with E-state index in [1.807, 2.05) is 18.3 Å². The number of carbonyl (C=O) groups excluding carboxylic acids is 1. The molecule has 1 N–H and O–H groups in total. The fraction of sp³-hybridized carbons (Fsp3) is 0.533. The van der Waals surface area contributed by atoms with Gasteiger partial charge in [-0.3, -0.25) is 9.69 Å². The quantitative estimate of drug-likeness (QED) is 0.792. The molecule has 1 aromatic carbocycles. The molecule has 0 fully saturated rings. The summed E-state index contributed by atoms with van der Waals surface area (Å²) in [6, 6.07) is 5.35. The van der Waals surface area contributed by atoms with Crippen LogP contribution in [-0.2, 0) is 11.3 Å². The molecular formula is C15H21F3N2O3. The molecule has 0 unspecified atom stereocenters. The predicted molar refractivity (Wildman–Crippen MR) is 79.6 cm³/mol. The molecule has 5 nitrogen and oxygen atoms in total. The summed E-state index contributed by atoms with van der Waals surface area (Å²) in [7, 11) is 3.17. The van der Waals surface area contributed by atoms with Gasteiger partial charge in [0.2, 0.25) is 5.91 Å². The van der Waals surface area contributed by atoms with Crippen LogP contribution in [0.2, 0.25) is 0 Å². The van der Waals surface area contributed by atoms with Crippen molar-refractivity contribution in [1.82, 2.24) is 10.2 Å². The van der Waals surface area contributed by atoms with Crippen molar-refractivity contribution in [1.29, 1.82) is 0 Å². The van der Waals surface area contributed by atoms with Crippen LogP contribution in [0.25, 0.3) is 0 Å². The van der Waals surface area contributed by atoms with Gasteiger partial charge in [0.1, 0.15) is 6.54 Å². The number of benzene rings is 1. The Kier molecular flexibility index (Phi) is 7.15. The number of halogens is 3. The van der Waals surface area contributed by atoms with Crippen molar-refractivity contribution in [2.45, 2.75) is 19.6 Å². The smallest absolute Gasteiger partial charge is 0.405 e. The van der Waals surface area contributed by atoms with Crippen LogP contribution in [0.1, 0.15) is 12.5 Å². The van der Waals surface area contributed by atoms with E-state index in [4.69, 9.17) is 9.47 Å². The van der Waals surface area contributed by atoms with Gasteiger partial charge in [0.25, 0.3) is 0 Å². The minimum Gasteiger partial charge on any atom is -0.493 e. The Bertz CT molecular complexity index is 521. The average Bonchev–Trinajstić information content (AvgIpc) is 2.46. The molecule has 0 saturated heterocycles. The minimum absolute atomic E-state index is 0.133. The lowest BCUT2D eigenvalue weighted by Gasteiger charge is -2.18. The Labute approximate surface area is 133 Å². The van der Waals surface area contributed by atoms with Gasteiger partial charge in [0.05, 0.1) is 20.3 Å². The number of amides is 1. The van der Waals surface area contributed by atoms with E-state index in [9.17, 15) is 18.0 Å². The molecule has 130 valence electrons. The van der Waals surface area contributed by atoms with E-state index >= 15 is 0 Å². The summed E-state index contributed by atoms with van der Waals surface area (Å²) in [5.74, 6) is 0.506. The van der Waals surface area contributed by atoms with E-state index in [1.165, 1.54) is 7.11 Å². The van der Waals surface area contributed by atoms with Gasteiger partial charge in [-0.15, -0.1) is 0 Å². The topological polar surface area (TPSA) is 50.8 Å². The normalized spacial score (nSPS) is 11.4. The third kappa shape index (κ3) is 7.23. The monoisotopic (exact) mass is 334 g/mol. The van der Waals surface area contributed by atoms with Crippen LogP contribution in [0.5, 0.6) is 11.5 Å². The highest BCUT2D eigenvalue weighted by atomic mass is 19.4. The molecule has 0 aliphatic rings. The van der Waals surface area contributed by atoms with Crippen LogP contribution >= 0.6 is 0 Å². The Morgan fingerprint density at radius 1 is 1.30 bits per heavy atom. The number of likely N-dealkylation sites (N-methyl/N-ethyl adjacent to an activating group) is 1. The van der Waals surface area contributed by atoms with E-state index in [-0.39, 0.29) is 6.54 Å². The van der Waals surface area contributed by atoms with Gasteiger partial charge in [0.15, 0.2) is 11.5 Å². The fourth-order valence-electron chi connectivity index (χ4n) is 1.95. The zero-order chi connectivity index (χ0) is 17.5. The fourth-order valence-corrected chi connectivity index (χ4v) is 1.95. The van der Waals surface area contributed by atoms with Gasteiger partial charge in [-0.25, -0.2) is 0 Å². The molecule has 0 aliphatic carbocycles. The third-order valence-corrected chi connectivity index (χ3v) is 2.88. The maximum atomic E-state index is 12.0. The van der Waals surface area contributed by atoms with Gasteiger partial charge >= 0.3 is 6.18 Å². The molecule has 0 spiro atoms. The number of alkyl halides is 3. The number of ether oxygens (including phenoxy) is 2. The first-order valence-corrected chi connectivity index (χ1v) is 7.07. The van der Waals surface area contributed by atoms with Crippen LogP contribution < -0.4 is 14.8 Å². The first kappa shape index (κ1) is 19.1. The van der Waals surface area contributed by atoms with Gasteiger partial charge in [-0.1, -0.05) is 6.07 Å². The molecule has 0 atom stereocenters. The van der Waals surface area contributed by atoms with Crippen LogP contribution in [0.15, 0.2) is 18.2 Å².